The standard InChI is InChI=1S/C7H16N2O2/c1-5-7(2,3)8-6(10)9-11-4/h5H2,1-4H3,(H2,8,9,10). The van der Waals surface area contributed by atoms with E-state index in [0.29, 0.717) is 0 Å². The van der Waals surface area contributed by atoms with Gasteiger partial charge in [0.2, 0.25) is 0 Å². The summed E-state index contributed by atoms with van der Waals surface area (Å²) in [5.74, 6) is 0. The van der Waals surface area contributed by atoms with E-state index in [0.717, 1.165) is 6.42 Å². The highest BCUT2D eigenvalue weighted by Crippen LogP contribution is 2.05. The first kappa shape index (κ1) is 10.2. The molecule has 4 heteroatoms. The van der Waals surface area contributed by atoms with Crippen LogP contribution in [0.2, 0.25) is 0 Å². The molecule has 0 radical (unpaired) electrons. The molecule has 0 saturated carbocycles. The molecule has 4 nitrogen and oxygen atoms in total. The molecule has 2 amide bonds. The zero-order valence-electron chi connectivity index (χ0n) is 7.52. The molecular formula is C7H16N2O2. The molecule has 0 aliphatic heterocycles. The zero-order valence-corrected chi connectivity index (χ0v) is 7.52. The van der Waals surface area contributed by atoms with Crippen molar-refractivity contribution in [2.75, 3.05) is 7.11 Å². The summed E-state index contributed by atoms with van der Waals surface area (Å²) in [5.41, 5.74) is 2.01. The van der Waals surface area contributed by atoms with Gasteiger partial charge in [0.1, 0.15) is 0 Å². The van der Waals surface area contributed by atoms with Crippen LogP contribution in [0.3, 0.4) is 0 Å². The van der Waals surface area contributed by atoms with Crippen molar-refractivity contribution >= 4 is 6.03 Å². The molecular weight excluding hydrogens is 144 g/mol. The van der Waals surface area contributed by atoms with E-state index in [9.17, 15) is 4.79 Å². The zero-order chi connectivity index (χ0) is 8.91. The number of hydrogen-bond donors (Lipinski definition) is 2. The summed E-state index contributed by atoms with van der Waals surface area (Å²) in [6, 6.07) is -0.306. The maximum absolute atomic E-state index is 10.9. The number of hydrogen-bond acceptors (Lipinski definition) is 2. The Labute approximate surface area is 67.3 Å². The van der Waals surface area contributed by atoms with Gasteiger partial charge in [0.05, 0.1) is 7.11 Å². The van der Waals surface area contributed by atoms with E-state index in [1.54, 1.807) is 0 Å². The molecule has 0 aromatic carbocycles. The van der Waals surface area contributed by atoms with Crippen LogP contribution in [0.5, 0.6) is 0 Å². The van der Waals surface area contributed by atoms with E-state index >= 15 is 0 Å². The fraction of sp³-hybridized carbons (Fsp3) is 0.857. The van der Waals surface area contributed by atoms with Crippen LogP contribution in [0.4, 0.5) is 4.79 Å². The summed E-state index contributed by atoms with van der Waals surface area (Å²) < 4.78 is 0. The first-order valence-electron chi connectivity index (χ1n) is 3.63. The number of amides is 2. The van der Waals surface area contributed by atoms with Gasteiger partial charge in [-0.25, -0.2) is 10.3 Å². The molecule has 0 rings (SSSR count). The van der Waals surface area contributed by atoms with E-state index in [4.69, 9.17) is 0 Å². The number of urea groups is 1. The highest BCUT2D eigenvalue weighted by atomic mass is 16.6. The van der Waals surface area contributed by atoms with Gasteiger partial charge in [-0.15, -0.1) is 0 Å². The molecule has 11 heavy (non-hydrogen) atoms. The van der Waals surface area contributed by atoms with Crippen molar-refractivity contribution in [2.45, 2.75) is 32.7 Å². The molecule has 0 atom stereocenters. The molecule has 66 valence electrons. The van der Waals surface area contributed by atoms with Crippen molar-refractivity contribution in [3.63, 3.8) is 0 Å². The van der Waals surface area contributed by atoms with Gasteiger partial charge < -0.3 is 5.32 Å². The lowest BCUT2D eigenvalue weighted by molar-refractivity contribution is 0.103. The summed E-state index contributed by atoms with van der Waals surface area (Å²) in [4.78, 5) is 15.3. The van der Waals surface area contributed by atoms with Crippen LogP contribution in [-0.4, -0.2) is 18.7 Å². The molecule has 0 bridgehead atoms. The lowest BCUT2D eigenvalue weighted by Crippen LogP contribution is -2.47. The van der Waals surface area contributed by atoms with Gasteiger partial charge in [0.15, 0.2) is 0 Å². The van der Waals surface area contributed by atoms with Crippen LogP contribution in [0, 0.1) is 0 Å². The second-order valence-electron chi connectivity index (χ2n) is 3.00. The average molecular weight is 160 g/mol. The average Bonchev–Trinajstić information content (AvgIpc) is 1.87. The molecule has 0 saturated heterocycles. The predicted octanol–water partition coefficient (Wildman–Crippen LogP) is 1.04. The number of carbonyl (C=O) groups excluding carboxylic acids is 1. The Bertz CT molecular complexity index is 134. The Balaban J connectivity index is 3.74. The minimum absolute atomic E-state index is 0.178. The van der Waals surface area contributed by atoms with E-state index in [-0.39, 0.29) is 11.6 Å². The summed E-state index contributed by atoms with van der Waals surface area (Å²) >= 11 is 0. The SMILES string of the molecule is CCC(C)(C)NC(=O)NOC. The number of rotatable bonds is 3. The number of hydroxylamine groups is 1. The molecule has 0 unspecified atom stereocenters. The van der Waals surface area contributed by atoms with Crippen LogP contribution in [-0.2, 0) is 4.84 Å². The number of carbonyl (C=O) groups is 1. The fourth-order valence-electron chi connectivity index (χ4n) is 0.514. The highest BCUT2D eigenvalue weighted by molar-refractivity contribution is 5.73. The van der Waals surface area contributed by atoms with E-state index in [2.05, 4.69) is 15.6 Å². The Morgan fingerprint density at radius 1 is 1.55 bits per heavy atom. The Morgan fingerprint density at radius 2 is 2.09 bits per heavy atom. The maximum Gasteiger partial charge on any atom is 0.339 e. The first-order valence-corrected chi connectivity index (χ1v) is 3.63. The lowest BCUT2D eigenvalue weighted by atomic mass is 10.0. The quantitative estimate of drug-likeness (QED) is 0.606. The molecule has 0 aliphatic carbocycles. The largest absolute Gasteiger partial charge is 0.339 e. The van der Waals surface area contributed by atoms with Crippen molar-refractivity contribution in [2.24, 2.45) is 0 Å². The maximum atomic E-state index is 10.9. The Hall–Kier alpha value is -0.770. The minimum atomic E-state index is -0.306. The number of nitrogens with one attached hydrogen (secondary N) is 2. The van der Waals surface area contributed by atoms with Gasteiger partial charge in [-0.3, -0.25) is 4.84 Å². The van der Waals surface area contributed by atoms with Gasteiger partial charge in [-0.05, 0) is 20.3 Å². The first-order chi connectivity index (χ1) is 5.02. The van der Waals surface area contributed by atoms with Gasteiger partial charge >= 0.3 is 6.03 Å². The van der Waals surface area contributed by atoms with Crippen LogP contribution in [0.1, 0.15) is 27.2 Å². The smallest absolute Gasteiger partial charge is 0.332 e. The molecule has 2 N–H and O–H groups in total. The van der Waals surface area contributed by atoms with Crippen molar-refractivity contribution < 1.29 is 9.63 Å². The van der Waals surface area contributed by atoms with E-state index in [1.165, 1.54) is 7.11 Å². The van der Waals surface area contributed by atoms with Crippen LogP contribution >= 0.6 is 0 Å². The third-order valence-electron chi connectivity index (χ3n) is 1.53. The molecule has 0 aromatic rings. The van der Waals surface area contributed by atoms with Crippen molar-refractivity contribution in [1.82, 2.24) is 10.8 Å². The summed E-state index contributed by atoms with van der Waals surface area (Å²) in [7, 11) is 1.40. The second kappa shape index (κ2) is 4.18. The summed E-state index contributed by atoms with van der Waals surface area (Å²) in [6.07, 6.45) is 0.879. The Kier molecular flexibility index (Phi) is 3.89. The fourth-order valence-corrected chi connectivity index (χ4v) is 0.514. The van der Waals surface area contributed by atoms with Gasteiger partial charge in [0, 0.05) is 5.54 Å². The highest BCUT2D eigenvalue weighted by Gasteiger charge is 2.16. The van der Waals surface area contributed by atoms with Gasteiger partial charge in [-0.2, -0.15) is 0 Å². The third kappa shape index (κ3) is 4.61. The normalized spacial score (nSPS) is 10.9. The molecule has 0 fully saturated rings. The second-order valence-corrected chi connectivity index (χ2v) is 3.00. The topological polar surface area (TPSA) is 50.4 Å². The van der Waals surface area contributed by atoms with Gasteiger partial charge in [-0.1, -0.05) is 6.92 Å². The lowest BCUT2D eigenvalue weighted by Gasteiger charge is -2.23. The van der Waals surface area contributed by atoms with E-state index in [1.807, 2.05) is 20.8 Å². The molecule has 0 heterocycles. The molecule has 0 spiro atoms. The van der Waals surface area contributed by atoms with E-state index < -0.39 is 0 Å². The molecule has 0 aromatic heterocycles. The molecule has 0 aliphatic rings. The predicted molar refractivity (Wildman–Crippen MR) is 43.0 cm³/mol. The van der Waals surface area contributed by atoms with Crippen LogP contribution in [0.15, 0.2) is 0 Å². The van der Waals surface area contributed by atoms with Crippen molar-refractivity contribution in [3.05, 3.63) is 0 Å². The monoisotopic (exact) mass is 160 g/mol. The summed E-state index contributed by atoms with van der Waals surface area (Å²) in [6.45, 7) is 5.90. The summed E-state index contributed by atoms with van der Waals surface area (Å²) in [5, 5.41) is 2.73. The van der Waals surface area contributed by atoms with Crippen LogP contribution in [0.25, 0.3) is 0 Å². The third-order valence-corrected chi connectivity index (χ3v) is 1.53. The van der Waals surface area contributed by atoms with Gasteiger partial charge in [0.25, 0.3) is 0 Å². The minimum Gasteiger partial charge on any atom is -0.332 e. The van der Waals surface area contributed by atoms with Crippen LogP contribution < -0.4 is 10.8 Å². The van der Waals surface area contributed by atoms with Crippen molar-refractivity contribution in [3.8, 4) is 0 Å². The Morgan fingerprint density at radius 3 is 2.45 bits per heavy atom. The van der Waals surface area contributed by atoms with Crippen molar-refractivity contribution in [1.29, 1.82) is 0 Å².